The van der Waals surface area contributed by atoms with Gasteiger partial charge in [-0.3, -0.25) is 14.3 Å². The first-order valence-corrected chi connectivity index (χ1v) is 8.44. The van der Waals surface area contributed by atoms with Gasteiger partial charge in [-0.1, -0.05) is 0 Å². The maximum Gasteiger partial charge on any atom is 0.226 e. The lowest BCUT2D eigenvalue weighted by molar-refractivity contribution is 0.246. The van der Waals surface area contributed by atoms with Crippen molar-refractivity contribution in [3.8, 4) is 0 Å². The summed E-state index contributed by atoms with van der Waals surface area (Å²) in [5, 5.41) is 0. The van der Waals surface area contributed by atoms with Crippen molar-refractivity contribution in [2.45, 2.75) is 6.54 Å². The van der Waals surface area contributed by atoms with E-state index in [-0.39, 0.29) is 0 Å². The molecule has 0 bridgehead atoms. The number of rotatable bonds is 4. The molecule has 0 atom stereocenters. The summed E-state index contributed by atoms with van der Waals surface area (Å²) in [6.07, 6.45) is 9.33. The number of piperazine rings is 1. The third kappa shape index (κ3) is 3.25. The van der Waals surface area contributed by atoms with E-state index in [2.05, 4.69) is 34.1 Å². The molecule has 0 aliphatic carbocycles. The van der Waals surface area contributed by atoms with Crippen LogP contribution in [0, 0.1) is 0 Å². The van der Waals surface area contributed by atoms with Crippen molar-refractivity contribution in [3.05, 3.63) is 42.7 Å². The molecule has 1 saturated heterocycles. The van der Waals surface area contributed by atoms with Gasteiger partial charge in [0.25, 0.3) is 0 Å². The number of nitrogens with zero attached hydrogens (tertiary/aromatic N) is 8. The number of aromatic nitrogens is 5. The zero-order valence-electron chi connectivity index (χ0n) is 14.6. The topological polar surface area (TPSA) is 65.7 Å². The summed E-state index contributed by atoms with van der Waals surface area (Å²) in [4.78, 5) is 24.2. The Labute approximate surface area is 146 Å². The van der Waals surface area contributed by atoms with Gasteiger partial charge in [0, 0.05) is 65.4 Å². The monoisotopic (exact) mass is 338 g/mol. The molecule has 0 radical (unpaired) electrons. The molecule has 130 valence electrons. The fourth-order valence-electron chi connectivity index (χ4n) is 3.11. The van der Waals surface area contributed by atoms with Crippen LogP contribution >= 0.6 is 0 Å². The van der Waals surface area contributed by atoms with E-state index in [0.717, 1.165) is 50.1 Å². The zero-order valence-corrected chi connectivity index (χ0v) is 14.6. The van der Waals surface area contributed by atoms with E-state index in [9.17, 15) is 0 Å². The van der Waals surface area contributed by atoms with Gasteiger partial charge in [0.2, 0.25) is 5.95 Å². The molecule has 8 heteroatoms. The summed E-state index contributed by atoms with van der Waals surface area (Å²) >= 11 is 0. The SMILES string of the molecule is CN(C)c1nccc(N2CCN(Cc3cnc4cnccn34)CC2)n1. The highest BCUT2D eigenvalue weighted by Crippen LogP contribution is 2.17. The third-order valence-corrected chi connectivity index (χ3v) is 4.50. The van der Waals surface area contributed by atoms with E-state index in [0.29, 0.717) is 0 Å². The van der Waals surface area contributed by atoms with E-state index in [1.165, 1.54) is 5.69 Å². The molecular weight excluding hydrogens is 316 g/mol. The van der Waals surface area contributed by atoms with Gasteiger partial charge in [-0.25, -0.2) is 9.97 Å². The van der Waals surface area contributed by atoms with Crippen molar-refractivity contribution in [2.75, 3.05) is 50.1 Å². The summed E-state index contributed by atoms with van der Waals surface area (Å²) in [6.45, 7) is 4.81. The van der Waals surface area contributed by atoms with Crippen molar-refractivity contribution in [1.29, 1.82) is 0 Å². The number of fused-ring (bicyclic) bond motifs is 1. The van der Waals surface area contributed by atoms with Crippen molar-refractivity contribution < 1.29 is 0 Å². The Morgan fingerprint density at radius 2 is 1.88 bits per heavy atom. The van der Waals surface area contributed by atoms with E-state index < -0.39 is 0 Å². The summed E-state index contributed by atoms with van der Waals surface area (Å²) in [5.74, 6) is 1.75. The molecule has 1 fully saturated rings. The van der Waals surface area contributed by atoms with Crippen LogP contribution in [0.1, 0.15) is 5.69 Å². The maximum atomic E-state index is 4.64. The lowest BCUT2D eigenvalue weighted by atomic mass is 10.3. The van der Waals surface area contributed by atoms with Gasteiger partial charge in [0.1, 0.15) is 5.82 Å². The van der Waals surface area contributed by atoms with Crippen LogP contribution in [0.4, 0.5) is 11.8 Å². The molecule has 0 amide bonds. The highest BCUT2D eigenvalue weighted by molar-refractivity contribution is 5.43. The number of anilines is 2. The van der Waals surface area contributed by atoms with Crippen LogP contribution in [0.5, 0.6) is 0 Å². The Kier molecular flexibility index (Phi) is 4.19. The Morgan fingerprint density at radius 3 is 2.68 bits per heavy atom. The van der Waals surface area contributed by atoms with Gasteiger partial charge in [-0.2, -0.15) is 4.98 Å². The molecule has 0 spiro atoms. The van der Waals surface area contributed by atoms with E-state index in [4.69, 9.17) is 0 Å². The molecule has 4 rings (SSSR count). The second kappa shape index (κ2) is 6.64. The summed E-state index contributed by atoms with van der Waals surface area (Å²) in [7, 11) is 3.92. The van der Waals surface area contributed by atoms with Crippen LogP contribution in [0.2, 0.25) is 0 Å². The molecular formula is C17H22N8. The van der Waals surface area contributed by atoms with Gasteiger partial charge in [0.05, 0.1) is 18.1 Å². The zero-order chi connectivity index (χ0) is 17.2. The second-order valence-electron chi connectivity index (χ2n) is 6.43. The highest BCUT2D eigenvalue weighted by atomic mass is 15.3. The normalized spacial score (nSPS) is 15.7. The quantitative estimate of drug-likeness (QED) is 0.700. The molecule has 1 aliphatic rings. The van der Waals surface area contributed by atoms with E-state index >= 15 is 0 Å². The van der Waals surface area contributed by atoms with Crippen LogP contribution in [0.15, 0.2) is 37.1 Å². The van der Waals surface area contributed by atoms with Crippen LogP contribution in [-0.4, -0.2) is 69.5 Å². The Hall–Kier alpha value is -2.74. The first-order chi connectivity index (χ1) is 12.2. The fraction of sp³-hybridized carbons (Fsp3) is 0.412. The Bertz CT molecular complexity index is 850. The van der Waals surface area contributed by atoms with Gasteiger partial charge < -0.3 is 9.80 Å². The molecule has 0 unspecified atom stereocenters. The minimum absolute atomic E-state index is 0.749. The predicted molar refractivity (Wildman–Crippen MR) is 96.8 cm³/mol. The Balaban J connectivity index is 1.41. The van der Waals surface area contributed by atoms with Crippen molar-refractivity contribution in [1.82, 2.24) is 29.2 Å². The van der Waals surface area contributed by atoms with E-state index in [1.807, 2.05) is 43.7 Å². The number of hydrogen-bond donors (Lipinski definition) is 0. The van der Waals surface area contributed by atoms with Gasteiger partial charge in [-0.15, -0.1) is 0 Å². The predicted octanol–water partition coefficient (Wildman–Crippen LogP) is 0.907. The van der Waals surface area contributed by atoms with Crippen LogP contribution < -0.4 is 9.80 Å². The average Bonchev–Trinajstić information content (AvgIpc) is 3.05. The first-order valence-electron chi connectivity index (χ1n) is 8.44. The number of hydrogen-bond acceptors (Lipinski definition) is 7. The second-order valence-corrected chi connectivity index (χ2v) is 6.43. The molecule has 4 heterocycles. The standard InChI is InChI=1S/C17H22N8/c1-22(2)17-19-4-3-15(21-17)24-9-7-23(8-10-24)13-14-11-20-16-12-18-5-6-25(14)16/h3-6,11-12H,7-10,13H2,1-2H3. The lowest BCUT2D eigenvalue weighted by Crippen LogP contribution is -2.46. The van der Waals surface area contributed by atoms with Crippen LogP contribution in [0.3, 0.4) is 0 Å². The molecule has 0 aromatic carbocycles. The molecule has 8 nitrogen and oxygen atoms in total. The van der Waals surface area contributed by atoms with Crippen LogP contribution in [-0.2, 0) is 6.54 Å². The largest absolute Gasteiger partial charge is 0.354 e. The minimum Gasteiger partial charge on any atom is -0.354 e. The third-order valence-electron chi connectivity index (χ3n) is 4.50. The van der Waals surface area contributed by atoms with Crippen molar-refractivity contribution in [2.24, 2.45) is 0 Å². The van der Waals surface area contributed by atoms with Gasteiger partial charge >= 0.3 is 0 Å². The maximum absolute atomic E-state index is 4.64. The molecule has 0 N–H and O–H groups in total. The van der Waals surface area contributed by atoms with E-state index in [1.54, 1.807) is 12.4 Å². The number of imidazole rings is 1. The summed E-state index contributed by atoms with van der Waals surface area (Å²) < 4.78 is 2.10. The highest BCUT2D eigenvalue weighted by Gasteiger charge is 2.19. The van der Waals surface area contributed by atoms with Crippen molar-refractivity contribution >= 4 is 17.4 Å². The molecule has 25 heavy (non-hydrogen) atoms. The van der Waals surface area contributed by atoms with Gasteiger partial charge in [-0.05, 0) is 6.07 Å². The van der Waals surface area contributed by atoms with Crippen molar-refractivity contribution in [3.63, 3.8) is 0 Å². The molecule has 3 aromatic rings. The molecule has 0 saturated carbocycles. The molecule has 3 aromatic heterocycles. The summed E-state index contributed by atoms with van der Waals surface area (Å²) in [5.41, 5.74) is 2.09. The Morgan fingerprint density at radius 1 is 1.04 bits per heavy atom. The van der Waals surface area contributed by atoms with Gasteiger partial charge in [0.15, 0.2) is 5.65 Å². The summed E-state index contributed by atoms with van der Waals surface area (Å²) in [6, 6.07) is 1.99. The first kappa shape index (κ1) is 15.8. The average molecular weight is 338 g/mol. The molecule has 1 aliphatic heterocycles. The minimum atomic E-state index is 0.749. The lowest BCUT2D eigenvalue weighted by Gasteiger charge is -2.35. The smallest absolute Gasteiger partial charge is 0.226 e. The van der Waals surface area contributed by atoms with Crippen LogP contribution in [0.25, 0.3) is 5.65 Å². The fourth-order valence-corrected chi connectivity index (χ4v) is 3.11.